The maximum atomic E-state index is 13.1. The largest absolute Gasteiger partial charge is 0.507 e. The number of aryl methyl sites for hydroxylation is 1. The highest BCUT2D eigenvalue weighted by molar-refractivity contribution is 7.89. The van der Waals surface area contributed by atoms with Crippen LogP contribution < -0.4 is 5.32 Å². The van der Waals surface area contributed by atoms with Crippen molar-refractivity contribution in [3.05, 3.63) is 72.3 Å². The van der Waals surface area contributed by atoms with E-state index in [4.69, 9.17) is 0 Å². The van der Waals surface area contributed by atoms with Crippen molar-refractivity contribution in [1.29, 1.82) is 0 Å². The summed E-state index contributed by atoms with van der Waals surface area (Å²) < 4.78 is 28.6. The molecular formula is C25H23N3O4S2. The number of hydrogen-bond donors (Lipinski definition) is 2. The molecule has 7 nitrogen and oxygen atoms in total. The number of thiazole rings is 1. The molecule has 1 aliphatic heterocycles. The molecule has 5 rings (SSSR count). The molecule has 2 heterocycles. The highest BCUT2D eigenvalue weighted by atomic mass is 32.2. The molecule has 34 heavy (non-hydrogen) atoms. The first kappa shape index (κ1) is 22.5. The molecule has 1 aliphatic rings. The predicted molar refractivity (Wildman–Crippen MR) is 133 cm³/mol. The van der Waals surface area contributed by atoms with Crippen LogP contribution in [0.5, 0.6) is 5.75 Å². The number of fused-ring (bicyclic) bond motifs is 1. The minimum absolute atomic E-state index is 0.00703. The first-order valence-corrected chi connectivity index (χ1v) is 13.2. The van der Waals surface area contributed by atoms with Crippen LogP contribution in [0.25, 0.3) is 20.8 Å². The van der Waals surface area contributed by atoms with E-state index in [1.807, 2.05) is 31.2 Å². The Balaban J connectivity index is 1.35. The summed E-state index contributed by atoms with van der Waals surface area (Å²) in [6, 6.07) is 18.4. The number of amides is 1. The summed E-state index contributed by atoms with van der Waals surface area (Å²) in [6.45, 7) is 2.18. The lowest BCUT2D eigenvalue weighted by molar-refractivity contribution is -0.119. The first-order chi connectivity index (χ1) is 16.3. The van der Waals surface area contributed by atoms with E-state index in [0.29, 0.717) is 29.1 Å². The molecule has 1 atom stereocenters. The van der Waals surface area contributed by atoms with Gasteiger partial charge in [0.25, 0.3) is 0 Å². The summed E-state index contributed by atoms with van der Waals surface area (Å²) in [6.07, 6.45) is 1.04. The van der Waals surface area contributed by atoms with Gasteiger partial charge in [-0.25, -0.2) is 13.4 Å². The molecule has 3 aromatic carbocycles. The maximum Gasteiger partial charge on any atom is 0.243 e. The van der Waals surface area contributed by atoms with E-state index in [0.717, 1.165) is 15.8 Å². The van der Waals surface area contributed by atoms with Gasteiger partial charge in [-0.1, -0.05) is 29.8 Å². The zero-order chi connectivity index (χ0) is 23.9. The predicted octanol–water partition coefficient (Wildman–Crippen LogP) is 4.77. The second kappa shape index (κ2) is 8.83. The third-order valence-electron chi connectivity index (χ3n) is 5.92. The van der Waals surface area contributed by atoms with Crippen molar-refractivity contribution in [2.75, 3.05) is 11.9 Å². The average molecular weight is 494 g/mol. The van der Waals surface area contributed by atoms with Crippen LogP contribution in [0.4, 0.5) is 5.69 Å². The van der Waals surface area contributed by atoms with E-state index in [1.54, 1.807) is 36.4 Å². The van der Waals surface area contributed by atoms with Crippen LogP contribution in [0.3, 0.4) is 0 Å². The molecule has 0 unspecified atom stereocenters. The van der Waals surface area contributed by atoms with Crippen LogP contribution in [0.15, 0.2) is 71.6 Å². The van der Waals surface area contributed by atoms with E-state index in [2.05, 4.69) is 10.3 Å². The number of para-hydroxylation sites is 1. The SMILES string of the molecule is Cc1ccc(S(=O)(=O)N2CCC[C@@H]2C(=O)Nc2ccc(-c3nc4ccccc4s3)c(O)c2)cc1. The molecule has 1 fully saturated rings. The highest BCUT2D eigenvalue weighted by Gasteiger charge is 2.39. The van der Waals surface area contributed by atoms with Crippen LogP contribution in [0.1, 0.15) is 18.4 Å². The van der Waals surface area contributed by atoms with Gasteiger partial charge in [-0.2, -0.15) is 4.31 Å². The fourth-order valence-corrected chi connectivity index (χ4v) is 6.79. The topological polar surface area (TPSA) is 99.6 Å². The van der Waals surface area contributed by atoms with Gasteiger partial charge in [0.1, 0.15) is 16.8 Å². The Morgan fingerprint density at radius 1 is 1.12 bits per heavy atom. The van der Waals surface area contributed by atoms with Gasteiger partial charge >= 0.3 is 0 Å². The first-order valence-electron chi connectivity index (χ1n) is 10.9. The molecule has 1 saturated heterocycles. The van der Waals surface area contributed by atoms with Crippen molar-refractivity contribution in [2.45, 2.75) is 30.7 Å². The smallest absolute Gasteiger partial charge is 0.243 e. The second-order valence-electron chi connectivity index (χ2n) is 8.29. The van der Waals surface area contributed by atoms with Crippen molar-refractivity contribution >= 4 is 43.2 Å². The summed E-state index contributed by atoms with van der Waals surface area (Å²) in [5.74, 6) is -0.423. The molecule has 9 heteroatoms. The number of carbonyl (C=O) groups excluding carboxylic acids is 1. The number of anilines is 1. The molecule has 1 amide bonds. The van der Waals surface area contributed by atoms with Gasteiger partial charge in [-0.3, -0.25) is 4.79 Å². The highest BCUT2D eigenvalue weighted by Crippen LogP contribution is 2.37. The van der Waals surface area contributed by atoms with Crippen LogP contribution in [0.2, 0.25) is 0 Å². The van der Waals surface area contributed by atoms with E-state index < -0.39 is 22.0 Å². The fraction of sp³-hybridized carbons (Fsp3) is 0.200. The Bertz CT molecular complexity index is 1450. The number of benzene rings is 3. The van der Waals surface area contributed by atoms with Crippen LogP contribution in [0, 0.1) is 6.92 Å². The zero-order valence-electron chi connectivity index (χ0n) is 18.4. The average Bonchev–Trinajstić information content (AvgIpc) is 3.47. The summed E-state index contributed by atoms with van der Waals surface area (Å²) in [5.41, 5.74) is 2.79. The van der Waals surface area contributed by atoms with Crippen molar-refractivity contribution in [3.8, 4) is 16.3 Å². The standard InChI is InChI=1S/C25H23N3O4S2/c1-16-8-11-18(12-9-16)34(31,32)28-14-4-6-21(28)24(30)26-17-10-13-19(22(29)15-17)25-27-20-5-2-3-7-23(20)33-25/h2-3,5,7-13,15,21,29H,4,6,14H2,1H3,(H,26,30)/t21-/m1/s1. The number of carbonyl (C=O) groups is 1. The molecular weight excluding hydrogens is 470 g/mol. The van der Waals surface area contributed by atoms with Crippen molar-refractivity contribution in [2.24, 2.45) is 0 Å². The number of aromatic nitrogens is 1. The van der Waals surface area contributed by atoms with E-state index in [9.17, 15) is 18.3 Å². The van der Waals surface area contributed by atoms with Gasteiger partial charge in [-0.05, 0) is 56.2 Å². The van der Waals surface area contributed by atoms with Gasteiger partial charge in [0, 0.05) is 18.3 Å². The summed E-state index contributed by atoms with van der Waals surface area (Å²) in [4.78, 5) is 17.8. The molecule has 174 valence electrons. The van der Waals surface area contributed by atoms with E-state index in [-0.39, 0.29) is 17.2 Å². The number of nitrogens with zero attached hydrogens (tertiary/aromatic N) is 2. The summed E-state index contributed by atoms with van der Waals surface area (Å²) >= 11 is 1.47. The van der Waals surface area contributed by atoms with Gasteiger partial charge in [0.15, 0.2) is 0 Å². The second-order valence-corrected chi connectivity index (χ2v) is 11.2. The Morgan fingerprint density at radius 3 is 2.62 bits per heavy atom. The van der Waals surface area contributed by atoms with E-state index in [1.165, 1.54) is 21.7 Å². The number of aromatic hydroxyl groups is 1. The van der Waals surface area contributed by atoms with Gasteiger partial charge < -0.3 is 10.4 Å². The lowest BCUT2D eigenvalue weighted by Crippen LogP contribution is -2.43. The number of sulfonamides is 1. The van der Waals surface area contributed by atoms with E-state index >= 15 is 0 Å². The molecule has 1 aromatic heterocycles. The number of nitrogens with one attached hydrogen (secondary N) is 1. The van der Waals surface area contributed by atoms with Gasteiger partial charge in [0.05, 0.1) is 20.7 Å². The molecule has 0 aliphatic carbocycles. The lowest BCUT2D eigenvalue weighted by Gasteiger charge is -2.23. The normalized spacial score (nSPS) is 16.7. The number of rotatable bonds is 5. The zero-order valence-corrected chi connectivity index (χ0v) is 20.1. The quantitative estimate of drug-likeness (QED) is 0.417. The van der Waals surface area contributed by atoms with Gasteiger partial charge in [-0.15, -0.1) is 11.3 Å². The minimum atomic E-state index is -3.79. The molecule has 0 bridgehead atoms. The number of phenols is 1. The lowest BCUT2D eigenvalue weighted by atomic mass is 10.1. The van der Waals surface area contributed by atoms with Crippen LogP contribution in [-0.4, -0.2) is 41.3 Å². The molecule has 2 N–H and O–H groups in total. The molecule has 0 radical (unpaired) electrons. The van der Waals surface area contributed by atoms with Crippen molar-refractivity contribution in [3.63, 3.8) is 0 Å². The van der Waals surface area contributed by atoms with Crippen molar-refractivity contribution in [1.82, 2.24) is 9.29 Å². The molecule has 4 aromatic rings. The molecule has 0 saturated carbocycles. The Kier molecular flexibility index (Phi) is 5.85. The third-order valence-corrected chi connectivity index (χ3v) is 8.92. The Hall–Kier alpha value is -3.27. The number of phenolic OH excluding ortho intramolecular Hbond substituents is 1. The monoisotopic (exact) mass is 493 g/mol. The maximum absolute atomic E-state index is 13.1. The van der Waals surface area contributed by atoms with Gasteiger partial charge in [0.2, 0.25) is 15.9 Å². The summed E-state index contributed by atoms with van der Waals surface area (Å²) in [5, 5.41) is 14.1. The van der Waals surface area contributed by atoms with Crippen LogP contribution >= 0.6 is 11.3 Å². The Morgan fingerprint density at radius 2 is 1.88 bits per heavy atom. The Labute approximate surface area is 201 Å². The third kappa shape index (κ3) is 4.18. The number of hydrogen-bond acceptors (Lipinski definition) is 6. The fourth-order valence-electron chi connectivity index (χ4n) is 4.14. The van der Waals surface area contributed by atoms with Crippen LogP contribution in [-0.2, 0) is 14.8 Å². The molecule has 0 spiro atoms. The minimum Gasteiger partial charge on any atom is -0.507 e. The summed E-state index contributed by atoms with van der Waals surface area (Å²) in [7, 11) is -3.79. The van der Waals surface area contributed by atoms with Crippen molar-refractivity contribution < 1.29 is 18.3 Å².